The molecule has 1 aliphatic heterocycles. The van der Waals surface area contributed by atoms with Crippen LogP contribution in [0.5, 0.6) is 0 Å². The lowest BCUT2D eigenvalue weighted by atomic mass is 9.87. The zero-order chi connectivity index (χ0) is 19.2. The average molecular weight is 407 g/mol. The van der Waals surface area contributed by atoms with Gasteiger partial charge in [-0.05, 0) is 49.5 Å². The van der Waals surface area contributed by atoms with Gasteiger partial charge in [-0.1, -0.05) is 59.6 Å². The van der Waals surface area contributed by atoms with Crippen LogP contribution in [0.25, 0.3) is 0 Å². The number of carbonyl (C=O) groups excluding carboxylic acids is 1. The van der Waals surface area contributed by atoms with E-state index in [1.54, 1.807) is 18.2 Å². The van der Waals surface area contributed by atoms with Crippen molar-refractivity contribution in [3.05, 3.63) is 64.1 Å². The molecule has 1 saturated heterocycles. The van der Waals surface area contributed by atoms with Gasteiger partial charge in [0.25, 0.3) is 0 Å². The quantitative estimate of drug-likeness (QED) is 0.726. The molecule has 1 fully saturated rings. The molecule has 0 radical (unpaired) electrons. The number of piperidine rings is 1. The number of nitrogens with one attached hydrogen (secondary N) is 1. The smallest absolute Gasteiger partial charge is 0.225 e. The second-order valence-corrected chi connectivity index (χ2v) is 7.74. The van der Waals surface area contributed by atoms with Crippen molar-refractivity contribution in [2.45, 2.75) is 25.4 Å². The average Bonchev–Trinajstić information content (AvgIpc) is 2.70. The van der Waals surface area contributed by atoms with E-state index in [-0.39, 0.29) is 11.8 Å². The third-order valence-corrected chi connectivity index (χ3v) is 5.73. The van der Waals surface area contributed by atoms with Gasteiger partial charge in [0.2, 0.25) is 5.91 Å². The summed E-state index contributed by atoms with van der Waals surface area (Å²) in [5, 5.41) is 14.2. The summed E-state index contributed by atoms with van der Waals surface area (Å²) in [6, 6.07) is 15.0. The lowest BCUT2D eigenvalue weighted by Crippen LogP contribution is -2.37. The Bertz CT molecular complexity index is 742. The third-order valence-electron chi connectivity index (χ3n) is 5.10. The van der Waals surface area contributed by atoms with Crippen LogP contribution < -0.4 is 5.32 Å². The van der Waals surface area contributed by atoms with Gasteiger partial charge < -0.3 is 15.3 Å². The lowest BCUT2D eigenvalue weighted by Gasteiger charge is -2.34. The zero-order valence-corrected chi connectivity index (χ0v) is 16.6. The van der Waals surface area contributed by atoms with E-state index in [0.29, 0.717) is 28.7 Å². The van der Waals surface area contributed by atoms with Crippen LogP contribution in [0.3, 0.4) is 0 Å². The van der Waals surface area contributed by atoms with Crippen LogP contribution in [0, 0.1) is 5.92 Å². The first kappa shape index (κ1) is 20.2. The number of aliphatic hydroxyl groups is 1. The van der Waals surface area contributed by atoms with Crippen LogP contribution >= 0.6 is 23.2 Å². The van der Waals surface area contributed by atoms with Crippen LogP contribution in [0.2, 0.25) is 10.0 Å². The Morgan fingerprint density at radius 2 is 1.70 bits per heavy atom. The van der Waals surface area contributed by atoms with E-state index in [0.717, 1.165) is 31.5 Å². The molecule has 1 atom stereocenters. The Balaban J connectivity index is 1.44. The fraction of sp³-hybridized carbons (Fsp3) is 0.381. The van der Waals surface area contributed by atoms with Gasteiger partial charge in [0.1, 0.15) is 0 Å². The molecule has 144 valence electrons. The number of para-hydroxylation sites is 1. The van der Waals surface area contributed by atoms with Crippen molar-refractivity contribution in [1.82, 2.24) is 4.90 Å². The van der Waals surface area contributed by atoms with E-state index in [9.17, 15) is 9.90 Å². The molecule has 2 N–H and O–H groups in total. The maximum absolute atomic E-state index is 12.2. The Labute approximate surface area is 170 Å². The summed E-state index contributed by atoms with van der Waals surface area (Å²) in [5.74, 6) is 0.163. The van der Waals surface area contributed by atoms with Crippen molar-refractivity contribution < 1.29 is 9.90 Å². The summed E-state index contributed by atoms with van der Waals surface area (Å²) in [5.41, 5.74) is 1.45. The Kier molecular flexibility index (Phi) is 7.13. The first-order valence-corrected chi connectivity index (χ1v) is 9.99. The molecule has 0 saturated carbocycles. The number of rotatable bonds is 6. The molecule has 1 aliphatic rings. The number of hydrogen-bond acceptors (Lipinski definition) is 3. The Morgan fingerprint density at radius 3 is 2.33 bits per heavy atom. The highest BCUT2D eigenvalue weighted by molar-refractivity contribution is 6.39. The monoisotopic (exact) mass is 406 g/mol. The van der Waals surface area contributed by atoms with E-state index in [1.165, 1.54) is 0 Å². The number of halogens is 2. The molecular weight excluding hydrogens is 383 g/mol. The summed E-state index contributed by atoms with van der Waals surface area (Å²) in [7, 11) is 0. The molecule has 2 aromatic carbocycles. The Morgan fingerprint density at radius 1 is 1.07 bits per heavy atom. The number of nitrogens with zero attached hydrogens (tertiary/aromatic N) is 1. The highest BCUT2D eigenvalue weighted by Crippen LogP contribution is 2.31. The number of amides is 1. The number of likely N-dealkylation sites (tertiary alicyclic amines) is 1. The van der Waals surface area contributed by atoms with E-state index in [1.807, 2.05) is 30.3 Å². The maximum atomic E-state index is 12.2. The first-order chi connectivity index (χ1) is 13.0. The predicted molar refractivity (Wildman–Crippen MR) is 110 cm³/mol. The van der Waals surface area contributed by atoms with Crippen molar-refractivity contribution >= 4 is 34.8 Å². The van der Waals surface area contributed by atoms with Crippen LogP contribution in [0.4, 0.5) is 5.69 Å². The minimum atomic E-state index is -0.418. The number of hydrogen-bond donors (Lipinski definition) is 2. The fourth-order valence-electron chi connectivity index (χ4n) is 3.49. The number of benzene rings is 2. The molecule has 1 heterocycles. The number of aliphatic hydroxyl groups excluding tert-OH is 1. The molecule has 0 bridgehead atoms. The second-order valence-electron chi connectivity index (χ2n) is 6.93. The van der Waals surface area contributed by atoms with Gasteiger partial charge in [0, 0.05) is 13.0 Å². The van der Waals surface area contributed by atoms with Gasteiger partial charge in [-0.2, -0.15) is 0 Å². The van der Waals surface area contributed by atoms with E-state index < -0.39 is 6.10 Å². The van der Waals surface area contributed by atoms with Crippen LogP contribution in [-0.4, -0.2) is 35.5 Å². The van der Waals surface area contributed by atoms with Gasteiger partial charge >= 0.3 is 0 Å². The van der Waals surface area contributed by atoms with E-state index >= 15 is 0 Å². The van der Waals surface area contributed by atoms with Gasteiger partial charge in [0.05, 0.1) is 21.8 Å². The minimum absolute atomic E-state index is 0.101. The van der Waals surface area contributed by atoms with Crippen LogP contribution in [0.1, 0.15) is 30.9 Å². The van der Waals surface area contributed by atoms with Crippen LogP contribution in [0.15, 0.2) is 48.5 Å². The van der Waals surface area contributed by atoms with Gasteiger partial charge in [-0.3, -0.25) is 4.79 Å². The second kappa shape index (κ2) is 9.56. The van der Waals surface area contributed by atoms with Gasteiger partial charge in [-0.15, -0.1) is 0 Å². The molecule has 2 aromatic rings. The number of anilines is 1. The molecule has 0 spiro atoms. The maximum Gasteiger partial charge on any atom is 0.225 e. The topological polar surface area (TPSA) is 52.6 Å². The third kappa shape index (κ3) is 5.45. The van der Waals surface area contributed by atoms with Crippen molar-refractivity contribution in [1.29, 1.82) is 0 Å². The summed E-state index contributed by atoms with van der Waals surface area (Å²) in [4.78, 5) is 14.5. The summed E-state index contributed by atoms with van der Waals surface area (Å²) < 4.78 is 0. The normalized spacial score (nSPS) is 16.9. The molecular formula is C21H24Cl2N2O2. The van der Waals surface area contributed by atoms with E-state index in [2.05, 4.69) is 10.2 Å². The molecule has 4 nitrogen and oxygen atoms in total. The van der Waals surface area contributed by atoms with Gasteiger partial charge in [0.15, 0.2) is 0 Å². The van der Waals surface area contributed by atoms with E-state index in [4.69, 9.17) is 23.2 Å². The highest BCUT2D eigenvalue weighted by Gasteiger charge is 2.26. The zero-order valence-electron chi connectivity index (χ0n) is 15.1. The molecule has 1 unspecified atom stereocenters. The Hall–Kier alpha value is -1.59. The molecule has 0 aromatic heterocycles. The predicted octanol–water partition coefficient (Wildman–Crippen LogP) is 4.77. The summed E-state index contributed by atoms with van der Waals surface area (Å²) in [6.45, 7) is 2.45. The molecule has 6 heteroatoms. The minimum Gasteiger partial charge on any atom is -0.388 e. The van der Waals surface area contributed by atoms with Crippen molar-refractivity contribution in [2.75, 3.05) is 25.0 Å². The molecule has 3 rings (SSSR count). The molecule has 1 amide bonds. The highest BCUT2D eigenvalue weighted by atomic mass is 35.5. The summed E-state index contributed by atoms with van der Waals surface area (Å²) >= 11 is 12.2. The van der Waals surface area contributed by atoms with Crippen molar-refractivity contribution in [3.63, 3.8) is 0 Å². The standard InChI is InChI=1S/C21H24Cl2N2O2/c22-17-7-4-8-18(23)20(17)24-19(26)11-14-25-12-9-16(10-13-25)21(27)15-5-2-1-3-6-15/h1-8,16,21,27H,9-14H2,(H,24,26). The van der Waals surface area contributed by atoms with Crippen LogP contribution in [-0.2, 0) is 4.79 Å². The molecule has 27 heavy (non-hydrogen) atoms. The summed E-state index contributed by atoms with van der Waals surface area (Å²) in [6.07, 6.45) is 1.81. The lowest BCUT2D eigenvalue weighted by molar-refractivity contribution is -0.116. The van der Waals surface area contributed by atoms with Crippen molar-refractivity contribution in [2.24, 2.45) is 5.92 Å². The largest absolute Gasteiger partial charge is 0.388 e. The molecule has 0 aliphatic carbocycles. The fourth-order valence-corrected chi connectivity index (χ4v) is 3.99. The SMILES string of the molecule is O=C(CCN1CCC(C(O)c2ccccc2)CC1)Nc1c(Cl)cccc1Cl. The van der Waals surface area contributed by atoms with Crippen molar-refractivity contribution in [3.8, 4) is 0 Å². The first-order valence-electron chi connectivity index (χ1n) is 9.24. The number of carbonyl (C=O) groups is 1. The van der Waals surface area contributed by atoms with Gasteiger partial charge in [-0.25, -0.2) is 0 Å².